The zero-order valence-corrected chi connectivity index (χ0v) is 11.7. The summed E-state index contributed by atoms with van der Waals surface area (Å²) in [4.78, 5) is 15.4. The zero-order chi connectivity index (χ0) is 13.3. The van der Waals surface area contributed by atoms with E-state index in [1.165, 1.54) is 0 Å². The number of aromatic nitrogens is 2. The van der Waals surface area contributed by atoms with E-state index in [9.17, 15) is 9.90 Å². The lowest BCUT2D eigenvalue weighted by Gasteiger charge is -2.08. The first-order chi connectivity index (χ1) is 8.57. The molecule has 0 aliphatic rings. The highest BCUT2D eigenvalue weighted by Crippen LogP contribution is 2.35. The van der Waals surface area contributed by atoms with Crippen LogP contribution in [0.5, 0.6) is 0 Å². The molecule has 4 nitrogen and oxygen atoms in total. The molecule has 0 aromatic carbocycles. The van der Waals surface area contributed by atoms with Gasteiger partial charge in [-0.1, -0.05) is 0 Å². The standard InChI is InChI=1S/C13H13BrN2O2/c1-3-16-8(2)10(13(17)18)11(14)12(16)9-5-4-6-15-7-9/h4-7H,3H2,1-2H3,(H,17,18). The molecule has 0 saturated heterocycles. The van der Waals surface area contributed by atoms with Crippen molar-refractivity contribution in [1.29, 1.82) is 0 Å². The number of hydrogen-bond acceptors (Lipinski definition) is 2. The molecule has 94 valence electrons. The molecule has 0 amide bonds. The molecule has 2 rings (SSSR count). The minimum absolute atomic E-state index is 0.315. The number of carboxylic acid groups (broad SMARTS) is 1. The van der Waals surface area contributed by atoms with Gasteiger partial charge in [0.05, 0.1) is 15.7 Å². The maximum Gasteiger partial charge on any atom is 0.338 e. The van der Waals surface area contributed by atoms with E-state index in [4.69, 9.17) is 0 Å². The third-order valence-electron chi connectivity index (χ3n) is 2.93. The van der Waals surface area contributed by atoms with Crippen LogP contribution in [0, 0.1) is 6.92 Å². The molecule has 0 radical (unpaired) electrons. The Labute approximate surface area is 113 Å². The van der Waals surface area contributed by atoms with Gasteiger partial charge in [-0.3, -0.25) is 4.98 Å². The number of pyridine rings is 1. The van der Waals surface area contributed by atoms with E-state index in [0.29, 0.717) is 16.6 Å². The lowest BCUT2D eigenvalue weighted by atomic mass is 10.2. The van der Waals surface area contributed by atoms with E-state index in [2.05, 4.69) is 20.9 Å². The highest BCUT2D eigenvalue weighted by Gasteiger charge is 2.23. The molecule has 5 heteroatoms. The first-order valence-corrected chi connectivity index (χ1v) is 6.39. The highest BCUT2D eigenvalue weighted by molar-refractivity contribution is 9.10. The molecule has 1 N–H and O–H groups in total. The smallest absolute Gasteiger partial charge is 0.338 e. The monoisotopic (exact) mass is 308 g/mol. The molecule has 0 atom stereocenters. The highest BCUT2D eigenvalue weighted by atomic mass is 79.9. The van der Waals surface area contributed by atoms with Crippen LogP contribution in [0.1, 0.15) is 23.0 Å². The number of rotatable bonds is 3. The molecule has 2 aromatic heterocycles. The summed E-state index contributed by atoms with van der Waals surface area (Å²) in [5.41, 5.74) is 2.83. The summed E-state index contributed by atoms with van der Waals surface area (Å²) in [6, 6.07) is 3.76. The molecule has 0 aliphatic heterocycles. The Hall–Kier alpha value is -1.62. The van der Waals surface area contributed by atoms with Crippen LogP contribution < -0.4 is 0 Å². The lowest BCUT2D eigenvalue weighted by Crippen LogP contribution is -2.02. The van der Waals surface area contributed by atoms with Gasteiger partial charge in [0, 0.05) is 30.2 Å². The van der Waals surface area contributed by atoms with Crippen molar-refractivity contribution in [3.05, 3.63) is 40.3 Å². The molecule has 0 aliphatic carbocycles. The fraction of sp³-hybridized carbons (Fsp3) is 0.231. The van der Waals surface area contributed by atoms with Crippen molar-refractivity contribution in [3.8, 4) is 11.3 Å². The number of aromatic carboxylic acids is 1. The average molecular weight is 309 g/mol. The Morgan fingerprint density at radius 2 is 2.28 bits per heavy atom. The van der Waals surface area contributed by atoms with Crippen LogP contribution in [0.4, 0.5) is 0 Å². The predicted molar refractivity (Wildman–Crippen MR) is 72.7 cm³/mol. The number of carboxylic acids is 1. The van der Waals surface area contributed by atoms with Crippen molar-refractivity contribution >= 4 is 21.9 Å². The molecular weight excluding hydrogens is 296 g/mol. The van der Waals surface area contributed by atoms with Crippen molar-refractivity contribution < 1.29 is 9.90 Å². The molecular formula is C13H13BrN2O2. The van der Waals surface area contributed by atoms with Crippen molar-refractivity contribution in [2.75, 3.05) is 0 Å². The van der Waals surface area contributed by atoms with Gasteiger partial charge in [-0.2, -0.15) is 0 Å². The quantitative estimate of drug-likeness (QED) is 0.946. The Bertz CT molecular complexity index is 591. The largest absolute Gasteiger partial charge is 0.478 e. The summed E-state index contributed by atoms with van der Waals surface area (Å²) in [6.45, 7) is 4.52. The van der Waals surface area contributed by atoms with Gasteiger partial charge in [0.2, 0.25) is 0 Å². The van der Waals surface area contributed by atoms with Crippen LogP contribution in [-0.4, -0.2) is 20.6 Å². The van der Waals surface area contributed by atoms with Gasteiger partial charge in [0.1, 0.15) is 0 Å². The summed E-state index contributed by atoms with van der Waals surface area (Å²) in [5.74, 6) is -0.920. The Balaban J connectivity index is 2.75. The molecule has 2 heterocycles. The first kappa shape index (κ1) is 12.8. The summed E-state index contributed by atoms with van der Waals surface area (Å²) < 4.78 is 2.59. The minimum Gasteiger partial charge on any atom is -0.478 e. The second-order valence-corrected chi connectivity index (χ2v) is 4.71. The number of nitrogens with zero attached hydrogens (tertiary/aromatic N) is 2. The molecule has 18 heavy (non-hydrogen) atoms. The normalized spacial score (nSPS) is 10.6. The molecule has 0 saturated carbocycles. The van der Waals surface area contributed by atoms with Gasteiger partial charge in [0.15, 0.2) is 0 Å². The van der Waals surface area contributed by atoms with Crippen molar-refractivity contribution in [2.45, 2.75) is 20.4 Å². The van der Waals surface area contributed by atoms with Crippen LogP contribution in [0.2, 0.25) is 0 Å². The van der Waals surface area contributed by atoms with Crippen LogP contribution in [0.25, 0.3) is 11.3 Å². The Kier molecular flexibility index (Phi) is 3.52. The zero-order valence-electron chi connectivity index (χ0n) is 10.1. The third-order valence-corrected chi connectivity index (χ3v) is 3.70. The predicted octanol–water partition coefficient (Wildman–Crippen LogP) is 3.34. The maximum absolute atomic E-state index is 11.3. The van der Waals surface area contributed by atoms with Crippen LogP contribution in [-0.2, 0) is 6.54 Å². The van der Waals surface area contributed by atoms with Crippen LogP contribution in [0.15, 0.2) is 29.0 Å². The summed E-state index contributed by atoms with van der Waals surface area (Å²) in [5, 5.41) is 9.27. The number of halogens is 1. The fourth-order valence-electron chi connectivity index (χ4n) is 2.13. The van der Waals surface area contributed by atoms with E-state index >= 15 is 0 Å². The molecule has 0 unspecified atom stereocenters. The summed E-state index contributed by atoms with van der Waals surface area (Å²) >= 11 is 3.40. The Morgan fingerprint density at radius 3 is 2.78 bits per heavy atom. The van der Waals surface area contributed by atoms with Gasteiger partial charge in [-0.15, -0.1) is 0 Å². The van der Waals surface area contributed by atoms with E-state index in [0.717, 1.165) is 17.0 Å². The van der Waals surface area contributed by atoms with Gasteiger partial charge >= 0.3 is 5.97 Å². The van der Waals surface area contributed by atoms with E-state index in [1.807, 2.05) is 30.5 Å². The fourth-order valence-corrected chi connectivity index (χ4v) is 3.03. The van der Waals surface area contributed by atoms with Crippen molar-refractivity contribution in [2.24, 2.45) is 0 Å². The topological polar surface area (TPSA) is 55.1 Å². The van der Waals surface area contributed by atoms with E-state index < -0.39 is 5.97 Å². The van der Waals surface area contributed by atoms with Gasteiger partial charge in [-0.05, 0) is 41.9 Å². The summed E-state index contributed by atoms with van der Waals surface area (Å²) in [6.07, 6.45) is 3.43. The van der Waals surface area contributed by atoms with E-state index in [1.54, 1.807) is 12.4 Å². The third kappa shape index (κ3) is 1.95. The number of hydrogen-bond donors (Lipinski definition) is 1. The Morgan fingerprint density at radius 1 is 1.56 bits per heavy atom. The molecule has 0 spiro atoms. The SMILES string of the molecule is CCn1c(C)c(C(=O)O)c(Br)c1-c1cccnc1. The van der Waals surface area contributed by atoms with Gasteiger partial charge in [-0.25, -0.2) is 4.79 Å². The van der Waals surface area contributed by atoms with Crippen LogP contribution in [0.3, 0.4) is 0 Å². The maximum atomic E-state index is 11.3. The van der Waals surface area contributed by atoms with Gasteiger partial charge < -0.3 is 9.67 Å². The van der Waals surface area contributed by atoms with Crippen LogP contribution >= 0.6 is 15.9 Å². The number of carbonyl (C=O) groups is 1. The van der Waals surface area contributed by atoms with Crippen molar-refractivity contribution in [3.63, 3.8) is 0 Å². The molecule has 0 bridgehead atoms. The second kappa shape index (κ2) is 4.94. The van der Waals surface area contributed by atoms with Crippen molar-refractivity contribution in [1.82, 2.24) is 9.55 Å². The average Bonchev–Trinajstić information content (AvgIpc) is 2.61. The molecule has 2 aromatic rings. The van der Waals surface area contributed by atoms with E-state index in [-0.39, 0.29) is 0 Å². The minimum atomic E-state index is -0.920. The lowest BCUT2D eigenvalue weighted by molar-refractivity contribution is 0.0695. The second-order valence-electron chi connectivity index (χ2n) is 3.91. The summed E-state index contributed by atoms with van der Waals surface area (Å²) in [7, 11) is 0. The first-order valence-electron chi connectivity index (χ1n) is 5.60. The molecule has 0 fully saturated rings. The van der Waals surface area contributed by atoms with Gasteiger partial charge in [0.25, 0.3) is 0 Å².